The summed E-state index contributed by atoms with van der Waals surface area (Å²) in [6.07, 6.45) is 1.42. The Labute approximate surface area is 222 Å². The third-order valence-corrected chi connectivity index (χ3v) is 7.66. The summed E-state index contributed by atoms with van der Waals surface area (Å²) in [5.74, 6) is 0.594. The zero-order valence-corrected chi connectivity index (χ0v) is 22.4. The largest absolute Gasteiger partial charge is 0.497 e. The number of benzene rings is 3. The van der Waals surface area contributed by atoms with Crippen molar-refractivity contribution in [3.8, 4) is 11.5 Å². The first-order valence-electron chi connectivity index (χ1n) is 12.3. The van der Waals surface area contributed by atoms with Gasteiger partial charge in [0.15, 0.2) is 6.61 Å². The van der Waals surface area contributed by atoms with E-state index in [9.17, 15) is 18.0 Å². The first-order chi connectivity index (χ1) is 18.2. The van der Waals surface area contributed by atoms with E-state index in [1.54, 1.807) is 61.4 Å². The zero-order valence-electron chi connectivity index (χ0n) is 21.6. The van der Waals surface area contributed by atoms with E-state index in [-0.39, 0.29) is 23.3 Å². The second kappa shape index (κ2) is 11.7. The van der Waals surface area contributed by atoms with Gasteiger partial charge in [-0.3, -0.25) is 9.59 Å². The van der Waals surface area contributed by atoms with E-state index in [0.29, 0.717) is 47.8 Å². The van der Waals surface area contributed by atoms with E-state index in [0.717, 1.165) is 17.7 Å². The Bertz CT molecular complexity index is 1440. The smallest absolute Gasteiger partial charge is 0.262 e. The molecule has 0 spiro atoms. The van der Waals surface area contributed by atoms with Crippen LogP contribution in [-0.2, 0) is 21.2 Å². The Balaban J connectivity index is 1.39. The highest BCUT2D eigenvalue weighted by Crippen LogP contribution is 2.32. The number of anilines is 2. The molecule has 3 aromatic carbocycles. The van der Waals surface area contributed by atoms with Crippen molar-refractivity contribution < 1.29 is 27.5 Å². The maximum atomic E-state index is 13.1. The van der Waals surface area contributed by atoms with E-state index in [2.05, 4.69) is 10.0 Å². The molecule has 10 heteroatoms. The van der Waals surface area contributed by atoms with Gasteiger partial charge in [-0.1, -0.05) is 13.0 Å². The molecule has 0 fully saturated rings. The van der Waals surface area contributed by atoms with Crippen LogP contribution in [0.4, 0.5) is 11.4 Å². The number of hydrogen-bond acceptors (Lipinski definition) is 6. The minimum atomic E-state index is -3.59. The Morgan fingerprint density at radius 2 is 1.79 bits per heavy atom. The van der Waals surface area contributed by atoms with Gasteiger partial charge < -0.3 is 19.7 Å². The second-order valence-corrected chi connectivity index (χ2v) is 10.7. The summed E-state index contributed by atoms with van der Waals surface area (Å²) in [6.45, 7) is 4.26. The first kappa shape index (κ1) is 27.2. The predicted molar refractivity (Wildman–Crippen MR) is 146 cm³/mol. The van der Waals surface area contributed by atoms with Crippen molar-refractivity contribution in [2.45, 2.75) is 31.6 Å². The highest BCUT2D eigenvalue weighted by molar-refractivity contribution is 7.89. The fraction of sp³-hybridized carbons (Fsp3) is 0.286. The summed E-state index contributed by atoms with van der Waals surface area (Å²) in [5, 5.41) is 2.81. The van der Waals surface area contributed by atoms with Crippen molar-refractivity contribution in [1.82, 2.24) is 4.72 Å². The van der Waals surface area contributed by atoms with E-state index in [4.69, 9.17) is 9.47 Å². The van der Waals surface area contributed by atoms with Gasteiger partial charge in [0.25, 0.3) is 11.8 Å². The van der Waals surface area contributed by atoms with Gasteiger partial charge >= 0.3 is 0 Å². The molecular formula is C28H31N3O6S. The van der Waals surface area contributed by atoms with Gasteiger partial charge in [-0.05, 0) is 85.5 Å². The molecule has 1 heterocycles. The Kier molecular flexibility index (Phi) is 8.33. The van der Waals surface area contributed by atoms with Gasteiger partial charge in [0, 0.05) is 30.0 Å². The fourth-order valence-electron chi connectivity index (χ4n) is 4.17. The number of nitrogens with one attached hydrogen (secondary N) is 2. The van der Waals surface area contributed by atoms with Crippen LogP contribution in [0.3, 0.4) is 0 Å². The zero-order chi connectivity index (χ0) is 27.3. The van der Waals surface area contributed by atoms with Crippen LogP contribution in [0.1, 0.15) is 34.8 Å². The van der Waals surface area contributed by atoms with Gasteiger partial charge in [-0.15, -0.1) is 0 Å². The van der Waals surface area contributed by atoms with Crippen molar-refractivity contribution in [3.63, 3.8) is 0 Å². The Hall–Kier alpha value is -3.89. The van der Waals surface area contributed by atoms with Crippen LogP contribution in [0.5, 0.6) is 11.5 Å². The number of carbonyl (C=O) groups is 2. The van der Waals surface area contributed by atoms with Crippen molar-refractivity contribution >= 4 is 33.2 Å². The molecule has 2 amide bonds. The quantitative estimate of drug-likeness (QED) is 0.405. The molecule has 0 aromatic heterocycles. The van der Waals surface area contributed by atoms with Crippen molar-refractivity contribution in [3.05, 3.63) is 77.4 Å². The molecule has 1 aliphatic heterocycles. The molecule has 0 bridgehead atoms. The molecule has 0 saturated carbocycles. The normalized spacial score (nSPS) is 12.7. The van der Waals surface area contributed by atoms with Gasteiger partial charge in [0.2, 0.25) is 10.0 Å². The van der Waals surface area contributed by atoms with E-state index in [1.165, 1.54) is 12.1 Å². The average molecular weight is 538 g/mol. The molecule has 200 valence electrons. The highest BCUT2D eigenvalue weighted by Gasteiger charge is 2.26. The number of aryl methyl sites for hydroxylation is 1. The number of ether oxygens (including phenoxy) is 2. The Morgan fingerprint density at radius 3 is 2.47 bits per heavy atom. The van der Waals surface area contributed by atoms with Crippen LogP contribution in [0.2, 0.25) is 0 Å². The predicted octanol–water partition coefficient (Wildman–Crippen LogP) is 3.91. The van der Waals surface area contributed by atoms with Gasteiger partial charge in [0.05, 0.1) is 12.0 Å². The monoisotopic (exact) mass is 537 g/mol. The topological polar surface area (TPSA) is 114 Å². The maximum absolute atomic E-state index is 13.1. The minimum Gasteiger partial charge on any atom is -0.497 e. The van der Waals surface area contributed by atoms with E-state index in [1.807, 2.05) is 13.0 Å². The van der Waals surface area contributed by atoms with Crippen LogP contribution < -0.4 is 24.4 Å². The number of methoxy groups -OCH3 is 1. The molecule has 0 aliphatic carbocycles. The lowest BCUT2D eigenvalue weighted by molar-refractivity contribution is -0.118. The highest BCUT2D eigenvalue weighted by atomic mass is 32.2. The van der Waals surface area contributed by atoms with Crippen LogP contribution in [0, 0.1) is 6.92 Å². The van der Waals surface area contributed by atoms with Crippen molar-refractivity contribution in [2.75, 3.05) is 37.0 Å². The molecule has 0 unspecified atom stereocenters. The maximum Gasteiger partial charge on any atom is 0.262 e. The summed E-state index contributed by atoms with van der Waals surface area (Å²) in [6, 6.07) is 17.0. The minimum absolute atomic E-state index is 0.121. The SMILES string of the molecule is CCCNS(=O)(=O)c1ccc(OCC(=O)Nc2ccc3c(c2)N(C(=O)c2ccc(OC)cc2)CC3)c(C)c1. The molecular weight excluding hydrogens is 506 g/mol. The summed E-state index contributed by atoms with van der Waals surface area (Å²) in [7, 11) is -2.01. The fourth-order valence-corrected chi connectivity index (χ4v) is 5.39. The third kappa shape index (κ3) is 6.15. The summed E-state index contributed by atoms with van der Waals surface area (Å²) >= 11 is 0. The van der Waals surface area contributed by atoms with Crippen molar-refractivity contribution in [2.24, 2.45) is 0 Å². The van der Waals surface area contributed by atoms with Crippen molar-refractivity contribution in [1.29, 1.82) is 0 Å². The number of hydrogen-bond donors (Lipinski definition) is 2. The molecule has 38 heavy (non-hydrogen) atoms. The van der Waals surface area contributed by atoms with Gasteiger partial charge in [-0.25, -0.2) is 13.1 Å². The lowest BCUT2D eigenvalue weighted by Crippen LogP contribution is -2.29. The molecule has 2 N–H and O–H groups in total. The second-order valence-electron chi connectivity index (χ2n) is 8.94. The van der Waals surface area contributed by atoms with Crippen LogP contribution in [-0.4, -0.2) is 47.0 Å². The lowest BCUT2D eigenvalue weighted by Gasteiger charge is -2.18. The molecule has 0 radical (unpaired) electrons. The molecule has 0 saturated heterocycles. The van der Waals surface area contributed by atoms with Crippen LogP contribution >= 0.6 is 0 Å². The van der Waals surface area contributed by atoms with E-state index < -0.39 is 10.0 Å². The van der Waals surface area contributed by atoms with Crippen LogP contribution in [0.25, 0.3) is 0 Å². The number of nitrogens with zero attached hydrogens (tertiary/aromatic N) is 1. The van der Waals surface area contributed by atoms with Gasteiger partial charge in [0.1, 0.15) is 11.5 Å². The number of amides is 2. The third-order valence-electron chi connectivity index (χ3n) is 6.20. The standard InChI is InChI=1S/C28H31N3O6S/c1-4-14-29-38(34,35)24-11-12-26(19(2)16-24)37-18-27(32)30-22-8-5-20-13-15-31(25(20)17-22)28(33)21-6-9-23(36-3)10-7-21/h5-12,16-17,29H,4,13-15,18H2,1-3H3,(H,30,32). The number of sulfonamides is 1. The summed E-state index contributed by atoms with van der Waals surface area (Å²) < 4.78 is 38.0. The number of rotatable bonds is 10. The molecule has 4 rings (SSSR count). The number of fused-ring (bicyclic) bond motifs is 1. The molecule has 3 aromatic rings. The van der Waals surface area contributed by atoms with Crippen LogP contribution in [0.15, 0.2) is 65.6 Å². The van der Waals surface area contributed by atoms with E-state index >= 15 is 0 Å². The average Bonchev–Trinajstić information content (AvgIpc) is 3.34. The molecule has 1 aliphatic rings. The molecule has 9 nitrogen and oxygen atoms in total. The molecule has 0 atom stereocenters. The Morgan fingerprint density at radius 1 is 1.03 bits per heavy atom. The first-order valence-corrected chi connectivity index (χ1v) is 13.8. The summed E-state index contributed by atoms with van der Waals surface area (Å²) in [4.78, 5) is 27.6. The summed E-state index contributed by atoms with van der Waals surface area (Å²) in [5.41, 5.74) is 3.49. The van der Waals surface area contributed by atoms with Gasteiger partial charge in [-0.2, -0.15) is 0 Å². The lowest BCUT2D eigenvalue weighted by atomic mass is 10.1. The number of carbonyl (C=O) groups excluding carboxylic acids is 2.